The van der Waals surface area contributed by atoms with Crippen LogP contribution in [0.25, 0.3) is 0 Å². The zero-order valence-corrected chi connectivity index (χ0v) is 10.5. The topological polar surface area (TPSA) is 38.9 Å². The maximum Gasteiger partial charge on any atom is 0.148 e. The minimum absolute atomic E-state index is 0.216. The highest BCUT2D eigenvalue weighted by Crippen LogP contribution is 2.34. The van der Waals surface area contributed by atoms with Crippen LogP contribution in [0.2, 0.25) is 15.2 Å². The van der Waals surface area contributed by atoms with Crippen molar-refractivity contribution < 1.29 is 0 Å². The first-order chi connectivity index (χ1) is 6.93. The van der Waals surface area contributed by atoms with Gasteiger partial charge in [-0.3, -0.25) is 0 Å². The molecule has 1 aromatic heterocycles. The molecule has 2 N–H and O–H groups in total. The Balaban J connectivity index is 3.12. The van der Waals surface area contributed by atoms with E-state index in [1.165, 1.54) is 6.20 Å². The predicted octanol–water partition coefficient (Wildman–Crippen LogP) is 4.01. The first-order valence-electron chi connectivity index (χ1n) is 4.32. The summed E-state index contributed by atoms with van der Waals surface area (Å²) in [6, 6.07) is -0.303. The number of nitrogens with two attached hydrogens (primary N) is 1. The molecule has 0 spiro atoms. The number of pyridine rings is 1. The summed E-state index contributed by atoms with van der Waals surface area (Å²) in [4.78, 5) is 3.82. The summed E-state index contributed by atoms with van der Waals surface area (Å²) in [6.45, 7) is 5.68. The molecule has 0 saturated heterocycles. The summed E-state index contributed by atoms with van der Waals surface area (Å²) >= 11 is 17.7. The summed E-state index contributed by atoms with van der Waals surface area (Å²) in [7, 11) is 0. The van der Waals surface area contributed by atoms with Crippen molar-refractivity contribution in [1.82, 2.24) is 4.98 Å². The van der Waals surface area contributed by atoms with Crippen LogP contribution < -0.4 is 5.73 Å². The Hall–Kier alpha value is -0.280. The SMILES string of the molecule is C=C(C)C[C@@H](N)c1c(Cl)cnc(Cl)c1Cl. The summed E-state index contributed by atoms with van der Waals surface area (Å²) in [5, 5.41) is 0.962. The van der Waals surface area contributed by atoms with Gasteiger partial charge in [0.15, 0.2) is 0 Å². The van der Waals surface area contributed by atoms with E-state index in [0.29, 0.717) is 22.0 Å². The Morgan fingerprint density at radius 3 is 2.67 bits per heavy atom. The van der Waals surface area contributed by atoms with Gasteiger partial charge in [-0.15, -0.1) is 6.58 Å². The van der Waals surface area contributed by atoms with E-state index < -0.39 is 0 Å². The molecular formula is C10H11Cl3N2. The lowest BCUT2D eigenvalue weighted by molar-refractivity contribution is 0.716. The van der Waals surface area contributed by atoms with Gasteiger partial charge in [-0.05, 0) is 13.3 Å². The van der Waals surface area contributed by atoms with Crippen LogP contribution in [0.5, 0.6) is 0 Å². The minimum Gasteiger partial charge on any atom is -0.324 e. The molecule has 0 amide bonds. The van der Waals surface area contributed by atoms with E-state index >= 15 is 0 Å². The summed E-state index contributed by atoms with van der Waals surface area (Å²) in [5.41, 5.74) is 7.54. The van der Waals surface area contributed by atoms with E-state index in [4.69, 9.17) is 40.5 Å². The molecule has 1 aromatic rings. The van der Waals surface area contributed by atoms with Crippen LogP contribution in [0.4, 0.5) is 0 Å². The molecule has 0 aliphatic rings. The third kappa shape index (κ3) is 3.08. The largest absolute Gasteiger partial charge is 0.324 e. The van der Waals surface area contributed by atoms with Gasteiger partial charge in [0.1, 0.15) is 5.15 Å². The van der Waals surface area contributed by atoms with E-state index in [1.807, 2.05) is 6.92 Å². The average Bonchev–Trinajstić information content (AvgIpc) is 2.11. The number of rotatable bonds is 3. The van der Waals surface area contributed by atoms with Crippen LogP contribution in [-0.2, 0) is 0 Å². The van der Waals surface area contributed by atoms with Crippen molar-refractivity contribution in [3.8, 4) is 0 Å². The number of hydrogen-bond donors (Lipinski definition) is 1. The van der Waals surface area contributed by atoms with Crippen molar-refractivity contribution in [2.75, 3.05) is 0 Å². The molecule has 0 fully saturated rings. The third-order valence-electron chi connectivity index (χ3n) is 1.91. The lowest BCUT2D eigenvalue weighted by atomic mass is 10.0. The molecule has 5 heteroatoms. The molecule has 0 unspecified atom stereocenters. The fourth-order valence-corrected chi connectivity index (χ4v) is 2.05. The molecule has 0 aliphatic heterocycles. The number of aromatic nitrogens is 1. The Labute approximate surface area is 104 Å². The fourth-order valence-electron chi connectivity index (χ4n) is 1.27. The van der Waals surface area contributed by atoms with Crippen molar-refractivity contribution in [3.05, 3.63) is 39.1 Å². The maximum absolute atomic E-state index is 5.99. The van der Waals surface area contributed by atoms with E-state index in [0.717, 1.165) is 5.57 Å². The lowest BCUT2D eigenvalue weighted by Crippen LogP contribution is -2.12. The maximum atomic E-state index is 5.99. The second-order valence-electron chi connectivity index (χ2n) is 3.39. The second-order valence-corrected chi connectivity index (χ2v) is 4.54. The van der Waals surface area contributed by atoms with Crippen LogP contribution in [0.3, 0.4) is 0 Å². The molecule has 1 atom stereocenters. The number of nitrogens with zero attached hydrogens (tertiary/aromatic N) is 1. The van der Waals surface area contributed by atoms with Gasteiger partial charge in [-0.25, -0.2) is 4.98 Å². The van der Waals surface area contributed by atoms with Gasteiger partial charge in [-0.2, -0.15) is 0 Å². The van der Waals surface area contributed by atoms with Gasteiger partial charge in [0.05, 0.1) is 10.0 Å². The number of hydrogen-bond acceptors (Lipinski definition) is 2. The smallest absolute Gasteiger partial charge is 0.148 e. The molecule has 0 radical (unpaired) electrons. The first kappa shape index (κ1) is 12.8. The zero-order valence-electron chi connectivity index (χ0n) is 8.23. The van der Waals surface area contributed by atoms with Gasteiger partial charge >= 0.3 is 0 Å². The van der Waals surface area contributed by atoms with Gasteiger partial charge in [0.2, 0.25) is 0 Å². The van der Waals surface area contributed by atoms with Gasteiger partial charge < -0.3 is 5.73 Å². The average molecular weight is 266 g/mol. The fraction of sp³-hybridized carbons (Fsp3) is 0.300. The van der Waals surface area contributed by atoms with Crippen LogP contribution in [0, 0.1) is 0 Å². The predicted molar refractivity (Wildman–Crippen MR) is 65.6 cm³/mol. The lowest BCUT2D eigenvalue weighted by Gasteiger charge is -2.15. The van der Waals surface area contributed by atoms with Crippen LogP contribution >= 0.6 is 34.8 Å². The monoisotopic (exact) mass is 264 g/mol. The molecule has 0 aromatic carbocycles. The van der Waals surface area contributed by atoms with Crippen molar-refractivity contribution in [3.63, 3.8) is 0 Å². The summed E-state index contributed by atoms with van der Waals surface area (Å²) < 4.78 is 0. The second kappa shape index (κ2) is 5.17. The Kier molecular flexibility index (Phi) is 4.41. The Bertz CT molecular complexity index is 390. The van der Waals surface area contributed by atoms with Crippen molar-refractivity contribution >= 4 is 34.8 Å². The minimum atomic E-state index is -0.303. The van der Waals surface area contributed by atoms with E-state index in [2.05, 4.69) is 11.6 Å². The standard InChI is InChI=1S/C10H11Cl3N2/c1-5(2)3-7(14)8-6(11)4-15-10(13)9(8)12/h4,7H,1,3,14H2,2H3/t7-/m1/s1. The molecule has 1 heterocycles. The Morgan fingerprint density at radius 2 is 2.13 bits per heavy atom. The van der Waals surface area contributed by atoms with E-state index in [-0.39, 0.29) is 11.2 Å². The molecule has 0 bridgehead atoms. The quantitative estimate of drug-likeness (QED) is 0.662. The first-order valence-corrected chi connectivity index (χ1v) is 5.46. The molecule has 2 nitrogen and oxygen atoms in total. The normalized spacial score (nSPS) is 12.6. The van der Waals surface area contributed by atoms with Gasteiger partial charge in [0.25, 0.3) is 0 Å². The Morgan fingerprint density at radius 1 is 1.53 bits per heavy atom. The molecule has 15 heavy (non-hydrogen) atoms. The van der Waals surface area contributed by atoms with E-state index in [1.54, 1.807) is 0 Å². The highest BCUT2D eigenvalue weighted by molar-refractivity contribution is 6.43. The highest BCUT2D eigenvalue weighted by Gasteiger charge is 2.17. The molecule has 0 saturated carbocycles. The summed E-state index contributed by atoms with van der Waals surface area (Å²) in [5.74, 6) is 0. The highest BCUT2D eigenvalue weighted by atomic mass is 35.5. The summed E-state index contributed by atoms with van der Waals surface area (Å²) in [6.07, 6.45) is 2.06. The van der Waals surface area contributed by atoms with Crippen molar-refractivity contribution in [2.24, 2.45) is 5.73 Å². The third-order valence-corrected chi connectivity index (χ3v) is 2.97. The van der Waals surface area contributed by atoms with Crippen LogP contribution in [0.15, 0.2) is 18.3 Å². The molecule has 0 aliphatic carbocycles. The van der Waals surface area contributed by atoms with Crippen LogP contribution in [-0.4, -0.2) is 4.98 Å². The molecular weight excluding hydrogens is 254 g/mol. The zero-order chi connectivity index (χ0) is 11.6. The van der Waals surface area contributed by atoms with Crippen LogP contribution in [0.1, 0.15) is 24.9 Å². The van der Waals surface area contributed by atoms with E-state index in [9.17, 15) is 0 Å². The van der Waals surface area contributed by atoms with Gasteiger partial charge in [-0.1, -0.05) is 40.4 Å². The molecule has 82 valence electrons. The number of halogens is 3. The van der Waals surface area contributed by atoms with Crippen molar-refractivity contribution in [1.29, 1.82) is 0 Å². The molecule has 1 rings (SSSR count). The van der Waals surface area contributed by atoms with Crippen molar-refractivity contribution in [2.45, 2.75) is 19.4 Å². The van der Waals surface area contributed by atoms with Gasteiger partial charge in [0, 0.05) is 17.8 Å².